The lowest BCUT2D eigenvalue weighted by molar-refractivity contribution is -0.121. The van der Waals surface area contributed by atoms with Crippen molar-refractivity contribution >= 4 is 28.6 Å². The molecular weight excluding hydrogens is 340 g/mol. The Morgan fingerprint density at radius 1 is 0.963 bits per heavy atom. The van der Waals surface area contributed by atoms with Gasteiger partial charge in [-0.25, -0.2) is 9.97 Å². The third-order valence-corrected chi connectivity index (χ3v) is 4.56. The number of rotatable bonds is 6. The van der Waals surface area contributed by atoms with E-state index in [2.05, 4.69) is 15.2 Å². The summed E-state index contributed by atoms with van der Waals surface area (Å²) in [7, 11) is 0. The van der Waals surface area contributed by atoms with Crippen LogP contribution in [0.2, 0.25) is 0 Å². The van der Waals surface area contributed by atoms with Crippen LogP contribution in [0.1, 0.15) is 18.4 Å². The van der Waals surface area contributed by atoms with Crippen molar-refractivity contribution < 1.29 is 9.53 Å². The fourth-order valence-electron chi connectivity index (χ4n) is 3.23. The number of aromatic nitrogens is 2. The first-order valence-corrected chi connectivity index (χ1v) is 9.23. The highest BCUT2D eigenvalue weighted by Crippen LogP contribution is 2.27. The maximum absolute atomic E-state index is 12.4. The monoisotopic (exact) mass is 362 g/mol. The first-order valence-electron chi connectivity index (χ1n) is 9.23. The minimum Gasteiger partial charge on any atom is -0.367 e. The summed E-state index contributed by atoms with van der Waals surface area (Å²) in [5, 5.41) is 2.89. The number of para-hydroxylation sites is 2. The van der Waals surface area contributed by atoms with Gasteiger partial charge in [0.1, 0.15) is 6.61 Å². The van der Waals surface area contributed by atoms with Gasteiger partial charge in [0.05, 0.1) is 17.6 Å². The van der Waals surface area contributed by atoms with Crippen molar-refractivity contribution in [1.29, 1.82) is 0 Å². The van der Waals surface area contributed by atoms with E-state index in [-0.39, 0.29) is 12.5 Å². The molecule has 1 aliphatic rings. The van der Waals surface area contributed by atoms with Gasteiger partial charge in [-0.3, -0.25) is 4.79 Å². The van der Waals surface area contributed by atoms with Crippen LogP contribution in [-0.2, 0) is 16.1 Å². The number of carbonyl (C=O) groups excluding carboxylic acids is 1. The summed E-state index contributed by atoms with van der Waals surface area (Å²) in [6.45, 7) is 2.24. The summed E-state index contributed by atoms with van der Waals surface area (Å²) in [6, 6.07) is 17.5. The number of benzene rings is 2. The lowest BCUT2D eigenvalue weighted by Gasteiger charge is -2.20. The molecule has 6 heteroatoms. The third kappa shape index (κ3) is 4.23. The summed E-state index contributed by atoms with van der Waals surface area (Å²) in [5.74, 6) is 1.02. The van der Waals surface area contributed by atoms with Gasteiger partial charge in [-0.05, 0) is 30.5 Å². The molecule has 1 fully saturated rings. The van der Waals surface area contributed by atoms with Gasteiger partial charge in [0.2, 0.25) is 0 Å². The quantitative estimate of drug-likeness (QED) is 0.728. The van der Waals surface area contributed by atoms with Crippen molar-refractivity contribution in [3.05, 3.63) is 60.2 Å². The van der Waals surface area contributed by atoms with Gasteiger partial charge in [-0.2, -0.15) is 0 Å². The van der Waals surface area contributed by atoms with Gasteiger partial charge in [-0.1, -0.05) is 42.5 Å². The summed E-state index contributed by atoms with van der Waals surface area (Å²) >= 11 is 0. The van der Waals surface area contributed by atoms with Crippen molar-refractivity contribution in [3.63, 3.8) is 0 Å². The molecule has 0 spiro atoms. The van der Waals surface area contributed by atoms with Crippen molar-refractivity contribution in [2.75, 3.05) is 29.9 Å². The second kappa shape index (κ2) is 8.14. The molecule has 27 heavy (non-hydrogen) atoms. The zero-order chi connectivity index (χ0) is 18.5. The van der Waals surface area contributed by atoms with Crippen molar-refractivity contribution in [2.24, 2.45) is 0 Å². The van der Waals surface area contributed by atoms with E-state index in [0.29, 0.717) is 12.4 Å². The Labute approximate surface area is 158 Å². The van der Waals surface area contributed by atoms with Crippen LogP contribution in [0.3, 0.4) is 0 Å². The van der Waals surface area contributed by atoms with E-state index in [4.69, 9.17) is 9.72 Å². The molecule has 0 aliphatic carbocycles. The standard InChI is InChI=1S/C21H22N4O2/c26-19(15-27-14-16-8-2-1-3-9-16)24-20-21(25-12-6-7-13-25)23-18-11-5-4-10-17(18)22-20/h1-5,8-11H,6-7,12-15H2,(H,22,24,26). The van der Waals surface area contributed by atoms with Crippen molar-refractivity contribution in [3.8, 4) is 0 Å². The summed E-state index contributed by atoms with van der Waals surface area (Å²) < 4.78 is 5.53. The number of ether oxygens (including phenoxy) is 1. The van der Waals surface area contributed by atoms with E-state index in [1.54, 1.807) is 0 Å². The number of carbonyl (C=O) groups is 1. The largest absolute Gasteiger partial charge is 0.367 e. The molecule has 0 saturated carbocycles. The number of amides is 1. The van der Waals surface area contributed by atoms with Crippen LogP contribution in [-0.4, -0.2) is 35.6 Å². The molecule has 0 bridgehead atoms. The molecule has 0 radical (unpaired) electrons. The molecule has 1 amide bonds. The highest BCUT2D eigenvalue weighted by Gasteiger charge is 2.20. The molecule has 138 valence electrons. The Bertz CT molecular complexity index is 924. The van der Waals surface area contributed by atoms with Crippen LogP contribution in [0.5, 0.6) is 0 Å². The van der Waals surface area contributed by atoms with Gasteiger partial charge >= 0.3 is 0 Å². The number of nitrogens with zero attached hydrogens (tertiary/aromatic N) is 3. The molecule has 2 heterocycles. The Morgan fingerprint density at radius 3 is 2.37 bits per heavy atom. The molecule has 1 N–H and O–H groups in total. The Morgan fingerprint density at radius 2 is 1.63 bits per heavy atom. The lowest BCUT2D eigenvalue weighted by Crippen LogP contribution is -2.25. The van der Waals surface area contributed by atoms with Gasteiger partial charge < -0.3 is 15.0 Å². The second-order valence-corrected chi connectivity index (χ2v) is 6.61. The normalized spacial score (nSPS) is 13.9. The Balaban J connectivity index is 1.48. The first kappa shape index (κ1) is 17.4. The van der Waals surface area contributed by atoms with Crippen LogP contribution in [0.4, 0.5) is 11.6 Å². The molecule has 3 aromatic rings. The fourth-order valence-corrected chi connectivity index (χ4v) is 3.23. The van der Waals surface area contributed by atoms with Crippen LogP contribution >= 0.6 is 0 Å². The molecule has 0 atom stereocenters. The van der Waals surface area contributed by atoms with Crippen LogP contribution in [0, 0.1) is 0 Å². The summed E-state index contributed by atoms with van der Waals surface area (Å²) in [5.41, 5.74) is 2.63. The molecule has 1 aliphatic heterocycles. The zero-order valence-electron chi connectivity index (χ0n) is 15.1. The molecule has 4 rings (SSSR count). The molecule has 2 aromatic carbocycles. The van der Waals surface area contributed by atoms with E-state index in [1.165, 1.54) is 0 Å². The number of anilines is 2. The highest BCUT2D eigenvalue weighted by atomic mass is 16.5. The topological polar surface area (TPSA) is 67.3 Å². The van der Waals surface area contributed by atoms with E-state index in [9.17, 15) is 4.79 Å². The molecule has 1 aromatic heterocycles. The van der Waals surface area contributed by atoms with Crippen LogP contribution in [0.25, 0.3) is 11.0 Å². The van der Waals surface area contributed by atoms with Crippen molar-refractivity contribution in [1.82, 2.24) is 9.97 Å². The van der Waals surface area contributed by atoms with Crippen LogP contribution < -0.4 is 10.2 Å². The smallest absolute Gasteiger partial charge is 0.251 e. The molecule has 0 unspecified atom stereocenters. The van der Waals surface area contributed by atoms with Gasteiger partial charge in [-0.15, -0.1) is 0 Å². The molecule has 1 saturated heterocycles. The number of hydrogen-bond acceptors (Lipinski definition) is 5. The van der Waals surface area contributed by atoms with E-state index < -0.39 is 0 Å². The fraction of sp³-hybridized carbons (Fsp3) is 0.286. The Hall–Kier alpha value is -2.99. The average Bonchev–Trinajstić information content (AvgIpc) is 3.23. The maximum Gasteiger partial charge on any atom is 0.251 e. The van der Waals surface area contributed by atoms with Gasteiger partial charge in [0.15, 0.2) is 11.6 Å². The predicted octanol–water partition coefficient (Wildman–Crippen LogP) is 3.39. The van der Waals surface area contributed by atoms with Crippen molar-refractivity contribution in [2.45, 2.75) is 19.4 Å². The zero-order valence-corrected chi connectivity index (χ0v) is 15.1. The summed E-state index contributed by atoms with van der Waals surface area (Å²) in [4.78, 5) is 23.9. The number of hydrogen-bond donors (Lipinski definition) is 1. The maximum atomic E-state index is 12.4. The van der Waals surface area contributed by atoms with E-state index in [1.807, 2.05) is 54.6 Å². The molecular formula is C21H22N4O2. The van der Waals surface area contributed by atoms with E-state index >= 15 is 0 Å². The predicted molar refractivity (Wildman–Crippen MR) is 106 cm³/mol. The van der Waals surface area contributed by atoms with Crippen LogP contribution in [0.15, 0.2) is 54.6 Å². The minimum absolute atomic E-state index is 0.0250. The second-order valence-electron chi connectivity index (χ2n) is 6.61. The van der Waals surface area contributed by atoms with Gasteiger partial charge in [0, 0.05) is 13.1 Å². The van der Waals surface area contributed by atoms with Gasteiger partial charge in [0.25, 0.3) is 5.91 Å². The highest BCUT2D eigenvalue weighted by molar-refractivity contribution is 5.95. The number of nitrogens with one attached hydrogen (secondary N) is 1. The SMILES string of the molecule is O=C(COCc1ccccc1)Nc1nc2ccccc2nc1N1CCCC1. The molecule has 6 nitrogen and oxygen atoms in total. The summed E-state index contributed by atoms with van der Waals surface area (Å²) in [6.07, 6.45) is 2.25. The first-order chi connectivity index (χ1) is 13.3. The minimum atomic E-state index is -0.226. The number of fused-ring (bicyclic) bond motifs is 1. The average molecular weight is 362 g/mol. The Kier molecular flexibility index (Phi) is 5.25. The third-order valence-electron chi connectivity index (χ3n) is 4.56. The van der Waals surface area contributed by atoms with E-state index in [0.717, 1.165) is 48.3 Å². The lowest BCUT2D eigenvalue weighted by atomic mass is 10.2.